The third-order valence-electron chi connectivity index (χ3n) is 5.13. The van der Waals surface area contributed by atoms with Crippen LogP contribution in [0.1, 0.15) is 28.1 Å². The molecule has 4 aromatic rings. The molecule has 3 N–H and O–H groups in total. The zero-order chi connectivity index (χ0) is 20.7. The first kappa shape index (κ1) is 18.8. The summed E-state index contributed by atoms with van der Waals surface area (Å²) in [4.78, 5) is 32.1. The molecule has 0 fully saturated rings. The molecule has 0 unspecified atom stereocenters. The van der Waals surface area contributed by atoms with Gasteiger partial charge in [-0.1, -0.05) is 23.7 Å². The molecule has 0 radical (unpaired) electrons. The van der Waals surface area contributed by atoms with Crippen molar-refractivity contribution in [3.05, 3.63) is 82.2 Å². The minimum Gasteiger partial charge on any atom is -0.404 e. The summed E-state index contributed by atoms with van der Waals surface area (Å²) < 4.78 is 1.07. The second-order valence-corrected chi connectivity index (χ2v) is 8.38. The first-order valence-electron chi connectivity index (χ1n) is 9.38. The molecular formula is C21H17ClN6OS. The lowest BCUT2D eigenvalue weighted by Crippen LogP contribution is -2.41. The number of hydrogen-bond donors (Lipinski definition) is 2. The minimum absolute atomic E-state index is 0.217. The van der Waals surface area contributed by atoms with Crippen LogP contribution in [0.2, 0.25) is 5.02 Å². The Morgan fingerprint density at radius 2 is 2.13 bits per heavy atom. The zero-order valence-corrected chi connectivity index (χ0v) is 17.3. The average Bonchev–Trinajstić information content (AvgIpc) is 3.41. The lowest BCUT2D eigenvalue weighted by atomic mass is 10.0. The van der Waals surface area contributed by atoms with Gasteiger partial charge in [0, 0.05) is 31.1 Å². The predicted octanol–water partition coefficient (Wildman–Crippen LogP) is 3.54. The number of halogens is 1. The number of carbonyl (C=O) groups excluding carboxylic acids is 1. The van der Waals surface area contributed by atoms with Gasteiger partial charge in [0.05, 0.1) is 38.5 Å². The Labute approximate surface area is 181 Å². The molecule has 0 saturated heterocycles. The van der Waals surface area contributed by atoms with Gasteiger partial charge in [-0.2, -0.15) is 0 Å². The van der Waals surface area contributed by atoms with Gasteiger partial charge in [0.2, 0.25) is 0 Å². The van der Waals surface area contributed by atoms with Crippen LogP contribution in [-0.2, 0) is 11.2 Å². The molecule has 0 bridgehead atoms. The molecule has 30 heavy (non-hydrogen) atoms. The van der Waals surface area contributed by atoms with E-state index in [4.69, 9.17) is 22.3 Å². The van der Waals surface area contributed by atoms with Gasteiger partial charge in [-0.15, -0.1) is 11.3 Å². The number of rotatable bonds is 3. The van der Waals surface area contributed by atoms with Gasteiger partial charge in [-0.3, -0.25) is 9.78 Å². The van der Waals surface area contributed by atoms with E-state index in [0.717, 1.165) is 26.6 Å². The number of para-hydroxylation sites is 1. The molecular weight excluding hydrogens is 420 g/mol. The van der Waals surface area contributed by atoms with Crippen LogP contribution in [0.3, 0.4) is 0 Å². The van der Waals surface area contributed by atoms with Crippen molar-refractivity contribution >= 4 is 44.6 Å². The molecule has 7 nitrogen and oxygen atoms in total. The molecule has 5 rings (SSSR count). The number of hydrogen-bond acceptors (Lipinski definition) is 6. The summed E-state index contributed by atoms with van der Waals surface area (Å²) in [6, 6.07) is 10.9. The monoisotopic (exact) mass is 436 g/mol. The number of nitrogens with two attached hydrogens (primary N) is 1. The summed E-state index contributed by atoms with van der Waals surface area (Å²) in [5.41, 5.74) is 9.38. The Morgan fingerprint density at radius 1 is 1.27 bits per heavy atom. The normalized spacial score (nSPS) is 16.6. The van der Waals surface area contributed by atoms with Crippen LogP contribution in [0, 0.1) is 0 Å². The fourth-order valence-corrected chi connectivity index (χ4v) is 4.91. The maximum atomic E-state index is 13.6. The molecule has 0 saturated carbocycles. The second-order valence-electron chi connectivity index (χ2n) is 6.88. The van der Waals surface area contributed by atoms with Crippen LogP contribution in [0.15, 0.2) is 55.1 Å². The summed E-state index contributed by atoms with van der Waals surface area (Å²) in [6.07, 6.45) is 5.14. The molecule has 9 heteroatoms. The Balaban J connectivity index is 1.59. The number of benzene rings is 1. The van der Waals surface area contributed by atoms with E-state index in [1.165, 1.54) is 12.4 Å². The molecule has 3 aromatic heterocycles. The van der Waals surface area contributed by atoms with Gasteiger partial charge in [0.25, 0.3) is 5.91 Å². The summed E-state index contributed by atoms with van der Waals surface area (Å²) in [7, 11) is 0. The molecule has 1 aliphatic rings. The van der Waals surface area contributed by atoms with Gasteiger partial charge >= 0.3 is 0 Å². The third-order valence-corrected chi connectivity index (χ3v) is 6.44. The Bertz CT molecular complexity index is 1230. The number of aromatic nitrogens is 4. The lowest BCUT2D eigenvalue weighted by Gasteiger charge is -2.34. The van der Waals surface area contributed by atoms with E-state index in [2.05, 4.69) is 15.0 Å². The van der Waals surface area contributed by atoms with Crippen molar-refractivity contribution in [2.45, 2.75) is 12.5 Å². The van der Waals surface area contributed by atoms with E-state index >= 15 is 0 Å². The van der Waals surface area contributed by atoms with Crippen LogP contribution >= 0.6 is 22.9 Å². The fraction of sp³-hybridized carbons (Fsp3) is 0.143. The highest BCUT2D eigenvalue weighted by Crippen LogP contribution is 2.38. The van der Waals surface area contributed by atoms with Crippen molar-refractivity contribution in [1.82, 2.24) is 24.8 Å². The molecule has 0 aliphatic carbocycles. The Hall–Kier alpha value is -3.23. The third kappa shape index (κ3) is 3.14. The number of carbonyl (C=O) groups is 1. The van der Waals surface area contributed by atoms with Crippen LogP contribution in [0.4, 0.5) is 0 Å². The maximum absolute atomic E-state index is 13.6. The maximum Gasteiger partial charge on any atom is 0.258 e. The highest BCUT2D eigenvalue weighted by molar-refractivity contribution is 7.18. The summed E-state index contributed by atoms with van der Waals surface area (Å²) in [5.74, 6) is -0.217. The highest BCUT2D eigenvalue weighted by Gasteiger charge is 2.37. The predicted molar refractivity (Wildman–Crippen MR) is 117 cm³/mol. The van der Waals surface area contributed by atoms with E-state index in [0.29, 0.717) is 29.3 Å². The Morgan fingerprint density at radius 3 is 2.90 bits per heavy atom. The van der Waals surface area contributed by atoms with E-state index in [1.807, 2.05) is 24.3 Å². The number of amides is 1. The number of imidazole rings is 1. The van der Waals surface area contributed by atoms with Gasteiger partial charge in [0.1, 0.15) is 11.0 Å². The van der Waals surface area contributed by atoms with Crippen molar-refractivity contribution in [3.8, 4) is 0 Å². The van der Waals surface area contributed by atoms with E-state index < -0.39 is 6.04 Å². The number of thiazole rings is 1. The number of nitrogens with zero attached hydrogens (tertiary/aromatic N) is 4. The standard InChI is InChI=1S/C21H17ClN6OS/c22-12-5-6-14(24-10-12)13(9-23)21(29)28-8-7-16-18(26-11-25-16)19(28)20-27-15-3-1-2-4-17(15)30-20/h1-6,9-11,19H,7-8,23H2,(H,25,26)/t19-/m0/s1. The number of pyridine rings is 1. The molecule has 1 aliphatic heterocycles. The van der Waals surface area contributed by atoms with Crippen molar-refractivity contribution in [3.63, 3.8) is 0 Å². The van der Waals surface area contributed by atoms with Crippen molar-refractivity contribution in [1.29, 1.82) is 0 Å². The second kappa shape index (κ2) is 7.55. The number of aromatic amines is 1. The van der Waals surface area contributed by atoms with Crippen molar-refractivity contribution < 1.29 is 4.79 Å². The summed E-state index contributed by atoms with van der Waals surface area (Å²) >= 11 is 7.51. The summed E-state index contributed by atoms with van der Waals surface area (Å²) in [6.45, 7) is 0.513. The smallest absolute Gasteiger partial charge is 0.258 e. The van der Waals surface area contributed by atoms with Gasteiger partial charge in [-0.05, 0) is 24.3 Å². The quantitative estimate of drug-likeness (QED) is 0.478. The largest absolute Gasteiger partial charge is 0.404 e. The van der Waals surface area contributed by atoms with Gasteiger partial charge in [-0.25, -0.2) is 9.97 Å². The van der Waals surface area contributed by atoms with Gasteiger partial charge < -0.3 is 15.6 Å². The van der Waals surface area contributed by atoms with E-state index in [9.17, 15) is 4.79 Å². The molecule has 0 spiro atoms. The van der Waals surface area contributed by atoms with E-state index in [1.54, 1.807) is 34.7 Å². The van der Waals surface area contributed by atoms with Gasteiger partial charge in [0.15, 0.2) is 0 Å². The van der Waals surface area contributed by atoms with Crippen molar-refractivity contribution in [2.24, 2.45) is 5.73 Å². The van der Waals surface area contributed by atoms with Crippen LogP contribution < -0.4 is 5.73 Å². The zero-order valence-electron chi connectivity index (χ0n) is 15.7. The fourth-order valence-electron chi connectivity index (χ4n) is 3.71. The summed E-state index contributed by atoms with van der Waals surface area (Å²) in [5, 5.41) is 1.31. The lowest BCUT2D eigenvalue weighted by molar-refractivity contribution is -0.127. The molecule has 150 valence electrons. The minimum atomic E-state index is -0.396. The van der Waals surface area contributed by atoms with Crippen LogP contribution in [-0.4, -0.2) is 37.3 Å². The van der Waals surface area contributed by atoms with E-state index in [-0.39, 0.29) is 5.91 Å². The molecule has 4 heterocycles. The average molecular weight is 437 g/mol. The van der Waals surface area contributed by atoms with Crippen LogP contribution in [0.5, 0.6) is 0 Å². The molecule has 1 aromatic carbocycles. The number of nitrogens with one attached hydrogen (secondary N) is 1. The number of fused-ring (bicyclic) bond motifs is 2. The Kier molecular flexibility index (Phi) is 4.72. The SMILES string of the molecule is NC=C(C(=O)N1CCc2[nH]cnc2[C@H]1c1nc2ccccc2s1)c1ccc(Cl)cn1. The highest BCUT2D eigenvalue weighted by atomic mass is 35.5. The molecule has 1 atom stereocenters. The topological polar surface area (TPSA) is 101 Å². The van der Waals surface area contributed by atoms with Crippen molar-refractivity contribution in [2.75, 3.05) is 6.54 Å². The van der Waals surface area contributed by atoms with Crippen LogP contribution in [0.25, 0.3) is 15.8 Å². The molecule has 1 amide bonds. The first-order valence-corrected chi connectivity index (χ1v) is 10.6. The first-order chi connectivity index (χ1) is 14.7. The number of H-pyrrole nitrogens is 1.